The highest BCUT2D eigenvalue weighted by Crippen LogP contribution is 2.21. The largest absolute Gasteiger partial charge is 0.464 e. The predicted octanol–water partition coefficient (Wildman–Crippen LogP) is 4.14. The number of thiazole rings is 1. The fourth-order valence-electron chi connectivity index (χ4n) is 1.96. The molecular formula is C14H18F2N2OS2. The summed E-state index contributed by atoms with van der Waals surface area (Å²) in [6.45, 7) is 5.48. The first-order chi connectivity index (χ1) is 10.0. The van der Waals surface area contributed by atoms with Gasteiger partial charge in [0.05, 0.1) is 23.0 Å². The minimum absolute atomic E-state index is 0.205. The van der Waals surface area contributed by atoms with Crippen LogP contribution in [0.2, 0.25) is 0 Å². The van der Waals surface area contributed by atoms with Crippen molar-refractivity contribution < 1.29 is 13.2 Å². The van der Waals surface area contributed by atoms with Gasteiger partial charge in [-0.3, -0.25) is 0 Å². The van der Waals surface area contributed by atoms with Crippen LogP contribution >= 0.6 is 23.1 Å². The molecule has 0 radical (unpaired) electrons. The van der Waals surface area contributed by atoms with Gasteiger partial charge in [-0.25, -0.2) is 4.98 Å². The number of nitrogens with one attached hydrogen (secondary N) is 1. The third kappa shape index (κ3) is 5.41. The molecule has 0 atom stereocenters. The van der Waals surface area contributed by atoms with Gasteiger partial charge >= 0.3 is 0 Å². The van der Waals surface area contributed by atoms with E-state index in [-0.39, 0.29) is 5.75 Å². The summed E-state index contributed by atoms with van der Waals surface area (Å²) in [6.07, 6.45) is 0.937. The van der Waals surface area contributed by atoms with Crippen LogP contribution in [0.3, 0.4) is 0 Å². The van der Waals surface area contributed by atoms with E-state index in [1.165, 1.54) is 4.88 Å². The van der Waals surface area contributed by atoms with Crippen molar-refractivity contribution in [3.63, 3.8) is 0 Å². The van der Waals surface area contributed by atoms with Crippen molar-refractivity contribution in [1.82, 2.24) is 10.3 Å². The molecule has 116 valence electrons. The Hall–Kier alpha value is -0.920. The van der Waals surface area contributed by atoms with Crippen LogP contribution in [0.4, 0.5) is 8.78 Å². The van der Waals surface area contributed by atoms with Gasteiger partial charge in [-0.2, -0.15) is 8.78 Å². The van der Waals surface area contributed by atoms with E-state index in [4.69, 9.17) is 4.42 Å². The second-order valence-electron chi connectivity index (χ2n) is 4.61. The molecule has 0 saturated heterocycles. The number of hydrogen-bond acceptors (Lipinski definition) is 5. The van der Waals surface area contributed by atoms with E-state index in [2.05, 4.69) is 10.3 Å². The van der Waals surface area contributed by atoms with Crippen molar-refractivity contribution in [2.45, 2.75) is 38.3 Å². The van der Waals surface area contributed by atoms with E-state index in [1.807, 2.05) is 19.9 Å². The topological polar surface area (TPSA) is 38.1 Å². The Kier molecular flexibility index (Phi) is 6.20. The summed E-state index contributed by atoms with van der Waals surface area (Å²) in [7, 11) is 0. The number of halogens is 2. The van der Waals surface area contributed by atoms with Crippen LogP contribution in [0, 0.1) is 13.8 Å². The maximum absolute atomic E-state index is 12.1. The highest BCUT2D eigenvalue weighted by atomic mass is 32.2. The van der Waals surface area contributed by atoms with Gasteiger partial charge in [0.25, 0.3) is 5.76 Å². The molecule has 21 heavy (non-hydrogen) atoms. The summed E-state index contributed by atoms with van der Waals surface area (Å²) in [5.41, 5.74) is 1.10. The fraction of sp³-hybridized carbons (Fsp3) is 0.500. The van der Waals surface area contributed by atoms with Crippen LogP contribution in [-0.4, -0.2) is 17.3 Å². The summed E-state index contributed by atoms with van der Waals surface area (Å²) in [4.78, 5) is 5.69. The molecule has 2 heterocycles. The third-order valence-corrected chi connectivity index (χ3v) is 4.73. The average molecular weight is 332 g/mol. The van der Waals surface area contributed by atoms with Crippen LogP contribution < -0.4 is 5.32 Å². The number of aryl methyl sites for hydroxylation is 2. The highest BCUT2D eigenvalue weighted by molar-refractivity contribution is 7.98. The number of furan rings is 1. The molecule has 2 rings (SSSR count). The monoisotopic (exact) mass is 332 g/mol. The highest BCUT2D eigenvalue weighted by Gasteiger charge is 2.08. The summed E-state index contributed by atoms with van der Waals surface area (Å²) in [5, 5.41) is 4.39. The molecule has 2 aromatic heterocycles. The molecule has 0 aliphatic rings. The van der Waals surface area contributed by atoms with Gasteiger partial charge in [0.1, 0.15) is 11.5 Å². The van der Waals surface area contributed by atoms with Gasteiger partial charge in [-0.1, -0.05) is 11.8 Å². The number of hydrogen-bond donors (Lipinski definition) is 1. The lowest BCUT2D eigenvalue weighted by atomic mass is 10.3. The Morgan fingerprint density at radius 2 is 2.10 bits per heavy atom. The molecule has 0 aliphatic carbocycles. The molecule has 0 unspecified atom stereocenters. The Morgan fingerprint density at radius 3 is 2.76 bits per heavy atom. The van der Waals surface area contributed by atoms with Gasteiger partial charge in [-0.05, 0) is 32.4 Å². The molecule has 0 amide bonds. The Balaban J connectivity index is 1.70. The maximum Gasteiger partial charge on any atom is 0.284 e. The smallest absolute Gasteiger partial charge is 0.284 e. The first-order valence-corrected chi connectivity index (χ1v) is 8.52. The fourth-order valence-corrected chi connectivity index (χ4v) is 3.34. The van der Waals surface area contributed by atoms with Crippen LogP contribution in [-0.2, 0) is 18.7 Å². The maximum atomic E-state index is 12.1. The van der Waals surface area contributed by atoms with Crippen molar-refractivity contribution in [1.29, 1.82) is 0 Å². The standard InChI is InChI=1S/C14H18F2N2OS2/c1-9-13(21-10(2)18-9)5-6-17-7-11-3-4-12(19-11)8-20-14(15)16/h3-4,14,17H,5-8H2,1-2H3. The number of thioether (sulfide) groups is 1. The zero-order chi connectivity index (χ0) is 15.2. The lowest BCUT2D eigenvalue weighted by Gasteiger charge is -2.02. The molecule has 0 aliphatic heterocycles. The predicted molar refractivity (Wildman–Crippen MR) is 83.0 cm³/mol. The Morgan fingerprint density at radius 1 is 1.33 bits per heavy atom. The summed E-state index contributed by atoms with van der Waals surface area (Å²) in [5.74, 6) is -0.789. The molecule has 0 fully saturated rings. The average Bonchev–Trinajstić information content (AvgIpc) is 2.99. The normalized spacial score (nSPS) is 11.5. The van der Waals surface area contributed by atoms with Crippen molar-refractivity contribution >= 4 is 23.1 Å². The lowest BCUT2D eigenvalue weighted by molar-refractivity contribution is 0.251. The van der Waals surface area contributed by atoms with Crippen molar-refractivity contribution in [2.24, 2.45) is 0 Å². The van der Waals surface area contributed by atoms with Crippen LogP contribution in [0.5, 0.6) is 0 Å². The summed E-state index contributed by atoms with van der Waals surface area (Å²) < 4.78 is 29.6. The summed E-state index contributed by atoms with van der Waals surface area (Å²) in [6, 6.07) is 3.58. The second-order valence-corrected chi connectivity index (χ2v) is 6.87. The van der Waals surface area contributed by atoms with Crippen LogP contribution in [0.1, 0.15) is 27.1 Å². The number of nitrogens with zero attached hydrogens (tertiary/aromatic N) is 1. The molecule has 3 nitrogen and oxygen atoms in total. The molecule has 1 N–H and O–H groups in total. The number of aromatic nitrogens is 1. The van der Waals surface area contributed by atoms with E-state index in [1.54, 1.807) is 17.4 Å². The van der Waals surface area contributed by atoms with E-state index in [0.29, 0.717) is 24.1 Å². The van der Waals surface area contributed by atoms with E-state index >= 15 is 0 Å². The van der Waals surface area contributed by atoms with Gasteiger partial charge < -0.3 is 9.73 Å². The zero-order valence-electron chi connectivity index (χ0n) is 12.0. The molecule has 7 heteroatoms. The van der Waals surface area contributed by atoms with Crippen LogP contribution in [0.25, 0.3) is 0 Å². The van der Waals surface area contributed by atoms with Crippen molar-refractivity contribution in [3.05, 3.63) is 39.2 Å². The minimum Gasteiger partial charge on any atom is -0.464 e. The minimum atomic E-state index is -2.36. The Labute approximate surface area is 131 Å². The molecular weight excluding hydrogens is 314 g/mol. The summed E-state index contributed by atoms with van der Waals surface area (Å²) >= 11 is 2.30. The zero-order valence-corrected chi connectivity index (χ0v) is 13.6. The first kappa shape index (κ1) is 16.5. The Bertz CT molecular complexity index is 569. The van der Waals surface area contributed by atoms with Gasteiger partial charge in [0, 0.05) is 11.4 Å². The third-order valence-electron chi connectivity index (χ3n) is 2.90. The van der Waals surface area contributed by atoms with Gasteiger partial charge in [-0.15, -0.1) is 11.3 Å². The quantitative estimate of drug-likeness (QED) is 0.737. The van der Waals surface area contributed by atoms with Gasteiger partial charge in [0.15, 0.2) is 0 Å². The van der Waals surface area contributed by atoms with Crippen molar-refractivity contribution in [2.75, 3.05) is 6.54 Å². The number of alkyl halides is 2. The SMILES string of the molecule is Cc1nc(C)c(CCNCc2ccc(CSC(F)F)o2)s1. The van der Waals surface area contributed by atoms with E-state index in [0.717, 1.165) is 29.4 Å². The van der Waals surface area contributed by atoms with Crippen molar-refractivity contribution in [3.8, 4) is 0 Å². The molecule has 0 spiro atoms. The second kappa shape index (κ2) is 7.91. The van der Waals surface area contributed by atoms with Crippen LogP contribution in [0.15, 0.2) is 16.5 Å². The number of rotatable bonds is 8. The molecule has 0 aromatic carbocycles. The van der Waals surface area contributed by atoms with E-state index < -0.39 is 5.76 Å². The van der Waals surface area contributed by atoms with E-state index in [9.17, 15) is 8.78 Å². The molecule has 0 bridgehead atoms. The first-order valence-electron chi connectivity index (χ1n) is 6.65. The lowest BCUT2D eigenvalue weighted by Crippen LogP contribution is -2.16. The molecule has 2 aromatic rings. The molecule has 0 saturated carbocycles. The van der Waals surface area contributed by atoms with Gasteiger partial charge in [0.2, 0.25) is 0 Å².